The molecule has 0 aliphatic rings. The third-order valence-electron chi connectivity index (χ3n) is 2.11. The van der Waals surface area contributed by atoms with Gasteiger partial charge in [0.15, 0.2) is 0 Å². The van der Waals surface area contributed by atoms with Gasteiger partial charge in [-0.15, -0.1) is 0 Å². The van der Waals surface area contributed by atoms with Crippen molar-refractivity contribution in [1.29, 1.82) is 0 Å². The molecule has 0 radical (unpaired) electrons. The van der Waals surface area contributed by atoms with Gasteiger partial charge in [-0.2, -0.15) is 0 Å². The molecule has 0 atom stereocenters. The summed E-state index contributed by atoms with van der Waals surface area (Å²) >= 11 is 0. The molecular weight excluding hydrogens is 174 g/mol. The van der Waals surface area contributed by atoms with Gasteiger partial charge in [-0.3, -0.25) is 0 Å². The van der Waals surface area contributed by atoms with Gasteiger partial charge in [-0.1, -0.05) is 29.8 Å². The average Bonchev–Trinajstić information content (AvgIpc) is 2.18. The maximum Gasteiger partial charge on any atom is 0.0474 e. The predicted molar refractivity (Wildman–Crippen MR) is 59.4 cm³/mol. The maximum absolute atomic E-state index is 4.97. The molecule has 0 saturated heterocycles. The fraction of sp³-hybridized carbons (Fsp3) is 0.500. The van der Waals surface area contributed by atoms with Crippen LogP contribution in [0.25, 0.3) is 0 Å². The molecule has 1 aromatic carbocycles. The molecular formula is C12H19NO. The summed E-state index contributed by atoms with van der Waals surface area (Å²) in [5.74, 6) is 0. The Labute approximate surface area is 86.3 Å². The van der Waals surface area contributed by atoms with E-state index >= 15 is 0 Å². The third kappa shape index (κ3) is 4.40. The summed E-state index contributed by atoms with van der Waals surface area (Å²) in [5, 5.41) is 3.38. The lowest BCUT2D eigenvalue weighted by molar-refractivity contribution is 0.194. The van der Waals surface area contributed by atoms with E-state index in [1.807, 2.05) is 0 Å². The SMILES string of the molecule is COCCCNCc1cccc(C)c1. The van der Waals surface area contributed by atoms with E-state index in [0.29, 0.717) is 0 Å². The lowest BCUT2D eigenvalue weighted by Crippen LogP contribution is -2.16. The van der Waals surface area contributed by atoms with Crippen molar-refractivity contribution in [3.05, 3.63) is 35.4 Å². The van der Waals surface area contributed by atoms with Gasteiger partial charge in [0, 0.05) is 20.3 Å². The fourth-order valence-corrected chi connectivity index (χ4v) is 1.40. The van der Waals surface area contributed by atoms with Gasteiger partial charge in [0.25, 0.3) is 0 Å². The van der Waals surface area contributed by atoms with Crippen molar-refractivity contribution in [2.24, 2.45) is 0 Å². The molecule has 0 fully saturated rings. The van der Waals surface area contributed by atoms with Crippen LogP contribution in [-0.4, -0.2) is 20.3 Å². The van der Waals surface area contributed by atoms with Crippen LogP contribution in [0.4, 0.5) is 0 Å². The summed E-state index contributed by atoms with van der Waals surface area (Å²) in [7, 11) is 1.74. The maximum atomic E-state index is 4.97. The molecule has 0 spiro atoms. The third-order valence-corrected chi connectivity index (χ3v) is 2.11. The molecule has 1 aromatic rings. The highest BCUT2D eigenvalue weighted by atomic mass is 16.5. The standard InChI is InChI=1S/C12H19NO/c1-11-5-3-6-12(9-11)10-13-7-4-8-14-2/h3,5-6,9,13H,4,7-8,10H2,1-2H3. The van der Waals surface area contributed by atoms with E-state index in [1.54, 1.807) is 7.11 Å². The van der Waals surface area contributed by atoms with Crippen LogP contribution >= 0.6 is 0 Å². The second-order valence-electron chi connectivity index (χ2n) is 3.51. The Morgan fingerprint density at radius 2 is 2.21 bits per heavy atom. The van der Waals surface area contributed by atoms with Crippen molar-refractivity contribution in [3.63, 3.8) is 0 Å². The zero-order chi connectivity index (χ0) is 10.2. The largest absolute Gasteiger partial charge is 0.385 e. The highest BCUT2D eigenvalue weighted by Gasteiger charge is 1.92. The number of methoxy groups -OCH3 is 1. The first-order valence-electron chi connectivity index (χ1n) is 5.08. The molecule has 0 saturated carbocycles. The summed E-state index contributed by atoms with van der Waals surface area (Å²) in [6.07, 6.45) is 1.07. The van der Waals surface area contributed by atoms with E-state index in [4.69, 9.17) is 4.74 Å². The first kappa shape index (κ1) is 11.2. The van der Waals surface area contributed by atoms with Gasteiger partial charge in [-0.25, -0.2) is 0 Å². The minimum atomic E-state index is 0.834. The minimum absolute atomic E-state index is 0.834. The number of nitrogens with one attached hydrogen (secondary N) is 1. The molecule has 0 aliphatic carbocycles. The Morgan fingerprint density at radius 3 is 2.93 bits per heavy atom. The monoisotopic (exact) mass is 193 g/mol. The summed E-state index contributed by atoms with van der Waals surface area (Å²) in [6, 6.07) is 8.58. The van der Waals surface area contributed by atoms with E-state index in [9.17, 15) is 0 Å². The van der Waals surface area contributed by atoms with Gasteiger partial charge in [0.1, 0.15) is 0 Å². The molecule has 14 heavy (non-hydrogen) atoms. The quantitative estimate of drug-likeness (QED) is 0.699. The van der Waals surface area contributed by atoms with Crippen LogP contribution in [0.3, 0.4) is 0 Å². The molecule has 78 valence electrons. The van der Waals surface area contributed by atoms with E-state index in [-0.39, 0.29) is 0 Å². The molecule has 2 heteroatoms. The van der Waals surface area contributed by atoms with Crippen molar-refractivity contribution < 1.29 is 4.74 Å². The highest BCUT2D eigenvalue weighted by molar-refractivity contribution is 5.21. The molecule has 0 heterocycles. The number of hydrogen-bond donors (Lipinski definition) is 1. The van der Waals surface area contributed by atoms with Crippen LogP contribution < -0.4 is 5.32 Å². The predicted octanol–water partition coefficient (Wildman–Crippen LogP) is 2.12. The zero-order valence-electron chi connectivity index (χ0n) is 9.05. The molecule has 1 rings (SSSR count). The number of aryl methyl sites for hydroxylation is 1. The molecule has 0 unspecified atom stereocenters. The van der Waals surface area contributed by atoms with Crippen LogP contribution in [0.5, 0.6) is 0 Å². The Hall–Kier alpha value is -0.860. The van der Waals surface area contributed by atoms with Crippen molar-refractivity contribution in [2.75, 3.05) is 20.3 Å². The van der Waals surface area contributed by atoms with Crippen LogP contribution in [0.2, 0.25) is 0 Å². The molecule has 0 amide bonds. The normalized spacial score (nSPS) is 10.4. The lowest BCUT2D eigenvalue weighted by Gasteiger charge is -2.05. The number of hydrogen-bond acceptors (Lipinski definition) is 2. The van der Waals surface area contributed by atoms with Crippen LogP contribution in [-0.2, 0) is 11.3 Å². The Kier molecular flexibility index (Phi) is 5.27. The van der Waals surface area contributed by atoms with Crippen molar-refractivity contribution in [3.8, 4) is 0 Å². The molecule has 1 N–H and O–H groups in total. The van der Waals surface area contributed by atoms with E-state index in [1.165, 1.54) is 11.1 Å². The van der Waals surface area contributed by atoms with E-state index in [0.717, 1.165) is 26.1 Å². The van der Waals surface area contributed by atoms with Crippen LogP contribution in [0.1, 0.15) is 17.5 Å². The summed E-state index contributed by atoms with van der Waals surface area (Å²) in [4.78, 5) is 0. The molecule has 0 aliphatic heterocycles. The van der Waals surface area contributed by atoms with Gasteiger partial charge in [-0.05, 0) is 25.5 Å². The van der Waals surface area contributed by atoms with Gasteiger partial charge in [0.05, 0.1) is 0 Å². The summed E-state index contributed by atoms with van der Waals surface area (Å²) in [6.45, 7) is 4.92. The fourth-order valence-electron chi connectivity index (χ4n) is 1.40. The first-order chi connectivity index (χ1) is 6.83. The van der Waals surface area contributed by atoms with Gasteiger partial charge < -0.3 is 10.1 Å². The molecule has 0 aromatic heterocycles. The molecule has 0 bridgehead atoms. The van der Waals surface area contributed by atoms with Crippen molar-refractivity contribution >= 4 is 0 Å². The Bertz CT molecular complexity index is 260. The Morgan fingerprint density at radius 1 is 1.36 bits per heavy atom. The second kappa shape index (κ2) is 6.57. The van der Waals surface area contributed by atoms with Gasteiger partial charge >= 0.3 is 0 Å². The van der Waals surface area contributed by atoms with Crippen molar-refractivity contribution in [1.82, 2.24) is 5.32 Å². The second-order valence-corrected chi connectivity index (χ2v) is 3.51. The highest BCUT2D eigenvalue weighted by Crippen LogP contribution is 2.02. The lowest BCUT2D eigenvalue weighted by atomic mass is 10.1. The van der Waals surface area contributed by atoms with Crippen LogP contribution in [0, 0.1) is 6.92 Å². The van der Waals surface area contributed by atoms with Crippen LogP contribution in [0.15, 0.2) is 24.3 Å². The minimum Gasteiger partial charge on any atom is -0.385 e. The molecule has 2 nitrogen and oxygen atoms in total. The smallest absolute Gasteiger partial charge is 0.0474 e. The summed E-state index contributed by atoms with van der Waals surface area (Å²) < 4.78 is 4.97. The van der Waals surface area contributed by atoms with E-state index in [2.05, 4.69) is 36.5 Å². The van der Waals surface area contributed by atoms with Crippen molar-refractivity contribution in [2.45, 2.75) is 19.9 Å². The number of benzene rings is 1. The Balaban J connectivity index is 2.18. The first-order valence-corrected chi connectivity index (χ1v) is 5.08. The number of rotatable bonds is 6. The topological polar surface area (TPSA) is 21.3 Å². The summed E-state index contributed by atoms with van der Waals surface area (Å²) in [5.41, 5.74) is 2.67. The zero-order valence-corrected chi connectivity index (χ0v) is 9.05. The van der Waals surface area contributed by atoms with E-state index < -0.39 is 0 Å². The van der Waals surface area contributed by atoms with Gasteiger partial charge in [0.2, 0.25) is 0 Å². The average molecular weight is 193 g/mol. The number of ether oxygens (including phenoxy) is 1.